The maximum absolute atomic E-state index is 11.3. The number of Topliss-reactive ketones (excluding diaryl/α,β-unsaturated/α-hetero) is 1. The van der Waals surface area contributed by atoms with Gasteiger partial charge in [0, 0.05) is 10.9 Å². The smallest absolute Gasteiger partial charge is 0.180 e. The molecule has 0 spiro atoms. The Labute approximate surface area is 70.0 Å². The molecule has 1 heterocycles. The molecule has 1 unspecified atom stereocenters. The van der Waals surface area contributed by atoms with Crippen LogP contribution in [0.15, 0.2) is 10.8 Å². The van der Waals surface area contributed by atoms with Gasteiger partial charge in [0.1, 0.15) is 0 Å². The van der Waals surface area contributed by atoms with Crippen LogP contribution in [0.2, 0.25) is 0 Å². The maximum atomic E-state index is 11.3. The molecule has 2 nitrogen and oxygen atoms in total. The van der Waals surface area contributed by atoms with Crippen molar-refractivity contribution in [3.63, 3.8) is 0 Å². The highest BCUT2D eigenvalue weighted by Crippen LogP contribution is 2.14. The van der Waals surface area contributed by atoms with E-state index in [1.54, 1.807) is 6.92 Å². The van der Waals surface area contributed by atoms with Crippen LogP contribution < -0.4 is 5.73 Å². The molecule has 60 valence electrons. The van der Waals surface area contributed by atoms with Gasteiger partial charge in [-0.3, -0.25) is 4.79 Å². The Morgan fingerprint density at radius 3 is 2.64 bits per heavy atom. The van der Waals surface area contributed by atoms with Crippen molar-refractivity contribution in [1.82, 2.24) is 0 Å². The van der Waals surface area contributed by atoms with Crippen LogP contribution in [0.3, 0.4) is 0 Å². The van der Waals surface area contributed by atoms with Crippen molar-refractivity contribution < 1.29 is 4.79 Å². The van der Waals surface area contributed by atoms with E-state index >= 15 is 0 Å². The van der Waals surface area contributed by atoms with Crippen molar-refractivity contribution in [2.24, 2.45) is 5.73 Å². The van der Waals surface area contributed by atoms with Gasteiger partial charge >= 0.3 is 0 Å². The second-order valence-corrected chi connectivity index (χ2v) is 3.36. The summed E-state index contributed by atoms with van der Waals surface area (Å²) in [7, 11) is 0. The summed E-state index contributed by atoms with van der Waals surface area (Å²) in [6, 6.07) is -0.386. The third kappa shape index (κ3) is 1.67. The van der Waals surface area contributed by atoms with Crippen LogP contribution in [0.4, 0.5) is 0 Å². The Morgan fingerprint density at radius 2 is 2.27 bits per heavy atom. The Hall–Kier alpha value is -0.670. The van der Waals surface area contributed by atoms with Crippen molar-refractivity contribution >= 4 is 17.1 Å². The van der Waals surface area contributed by atoms with Crippen LogP contribution in [0.5, 0.6) is 0 Å². The molecule has 0 aliphatic carbocycles. The molecule has 0 radical (unpaired) electrons. The normalized spacial score (nSPS) is 13.0. The highest BCUT2D eigenvalue weighted by atomic mass is 32.1. The first kappa shape index (κ1) is 8.43. The Balaban J connectivity index is 2.93. The maximum Gasteiger partial charge on any atom is 0.180 e. The number of hydrogen-bond donors (Lipinski definition) is 1. The van der Waals surface area contributed by atoms with E-state index in [0.717, 1.165) is 11.1 Å². The second-order valence-electron chi connectivity index (χ2n) is 2.62. The van der Waals surface area contributed by atoms with E-state index < -0.39 is 0 Å². The van der Waals surface area contributed by atoms with Crippen LogP contribution >= 0.6 is 11.3 Å². The summed E-state index contributed by atoms with van der Waals surface area (Å²) >= 11 is 1.54. The Kier molecular flexibility index (Phi) is 2.42. The van der Waals surface area contributed by atoms with E-state index in [2.05, 4.69) is 0 Å². The van der Waals surface area contributed by atoms with Crippen molar-refractivity contribution in [2.45, 2.75) is 19.9 Å². The predicted octanol–water partition coefficient (Wildman–Crippen LogP) is 1.59. The highest BCUT2D eigenvalue weighted by Gasteiger charge is 2.13. The molecule has 0 aliphatic rings. The number of carbonyl (C=O) groups excluding carboxylic acids is 1. The first-order chi connectivity index (χ1) is 5.13. The molecule has 0 aromatic carbocycles. The molecule has 3 heteroatoms. The van der Waals surface area contributed by atoms with E-state index in [4.69, 9.17) is 5.73 Å². The average molecular weight is 169 g/mol. The van der Waals surface area contributed by atoms with E-state index in [9.17, 15) is 4.79 Å². The molecule has 0 aliphatic heterocycles. The van der Waals surface area contributed by atoms with Gasteiger partial charge in [-0.15, -0.1) is 0 Å². The van der Waals surface area contributed by atoms with Gasteiger partial charge in [-0.25, -0.2) is 0 Å². The summed E-state index contributed by atoms with van der Waals surface area (Å²) in [4.78, 5) is 11.3. The quantitative estimate of drug-likeness (QED) is 0.683. The molecule has 1 aromatic rings. The molecule has 0 bridgehead atoms. The van der Waals surface area contributed by atoms with Gasteiger partial charge in [0.05, 0.1) is 6.04 Å². The number of ketones is 1. The molecule has 1 atom stereocenters. The van der Waals surface area contributed by atoms with Gasteiger partial charge in [-0.1, -0.05) is 0 Å². The zero-order valence-electron chi connectivity index (χ0n) is 6.63. The lowest BCUT2D eigenvalue weighted by atomic mass is 10.1. The standard InChI is InChI=1S/C8H11NOS/c1-5-3-11-4-7(5)8(10)6(2)9/h3-4,6H,9H2,1-2H3. The Bertz CT molecular complexity index is 265. The summed E-state index contributed by atoms with van der Waals surface area (Å²) in [5.41, 5.74) is 7.24. The van der Waals surface area contributed by atoms with Crippen LogP contribution in [0.1, 0.15) is 22.8 Å². The fourth-order valence-electron chi connectivity index (χ4n) is 0.858. The van der Waals surface area contributed by atoms with Gasteiger partial charge in [0.2, 0.25) is 0 Å². The van der Waals surface area contributed by atoms with Gasteiger partial charge < -0.3 is 5.73 Å². The SMILES string of the molecule is Cc1cscc1C(=O)C(C)N. The molecule has 0 fully saturated rings. The van der Waals surface area contributed by atoms with Gasteiger partial charge in [0.15, 0.2) is 5.78 Å². The van der Waals surface area contributed by atoms with Gasteiger partial charge in [0.25, 0.3) is 0 Å². The number of hydrogen-bond acceptors (Lipinski definition) is 3. The lowest BCUT2D eigenvalue weighted by Gasteiger charge is -2.01. The zero-order chi connectivity index (χ0) is 8.43. The monoisotopic (exact) mass is 169 g/mol. The van der Waals surface area contributed by atoms with Gasteiger partial charge in [-0.05, 0) is 24.8 Å². The fourth-order valence-corrected chi connectivity index (χ4v) is 1.70. The van der Waals surface area contributed by atoms with Crippen LogP contribution in [-0.4, -0.2) is 11.8 Å². The number of aryl methyl sites for hydroxylation is 1. The minimum Gasteiger partial charge on any atom is -0.321 e. The van der Waals surface area contributed by atoms with Crippen molar-refractivity contribution in [3.05, 3.63) is 21.9 Å². The van der Waals surface area contributed by atoms with E-state index in [-0.39, 0.29) is 11.8 Å². The lowest BCUT2D eigenvalue weighted by molar-refractivity contribution is 0.0968. The molecule has 1 rings (SSSR count). The first-order valence-electron chi connectivity index (χ1n) is 3.45. The molecular weight excluding hydrogens is 158 g/mol. The summed E-state index contributed by atoms with van der Waals surface area (Å²) < 4.78 is 0. The van der Waals surface area contributed by atoms with Crippen LogP contribution in [0, 0.1) is 6.92 Å². The molecule has 11 heavy (non-hydrogen) atoms. The third-order valence-electron chi connectivity index (χ3n) is 1.53. The van der Waals surface area contributed by atoms with Crippen molar-refractivity contribution in [3.8, 4) is 0 Å². The largest absolute Gasteiger partial charge is 0.321 e. The summed E-state index contributed by atoms with van der Waals surface area (Å²) in [6.07, 6.45) is 0. The molecule has 0 saturated carbocycles. The summed E-state index contributed by atoms with van der Waals surface area (Å²) in [6.45, 7) is 3.63. The average Bonchev–Trinajstić information content (AvgIpc) is 2.33. The predicted molar refractivity (Wildman–Crippen MR) is 47.0 cm³/mol. The van der Waals surface area contributed by atoms with Crippen molar-refractivity contribution in [1.29, 1.82) is 0 Å². The lowest BCUT2D eigenvalue weighted by Crippen LogP contribution is -2.26. The highest BCUT2D eigenvalue weighted by molar-refractivity contribution is 7.08. The minimum atomic E-state index is -0.386. The number of carbonyl (C=O) groups is 1. The number of thiophene rings is 1. The Morgan fingerprint density at radius 1 is 1.64 bits per heavy atom. The summed E-state index contributed by atoms with van der Waals surface area (Å²) in [5, 5.41) is 3.80. The number of nitrogens with two attached hydrogens (primary N) is 1. The summed E-state index contributed by atoms with van der Waals surface area (Å²) in [5.74, 6) is 0.0313. The van der Waals surface area contributed by atoms with E-state index in [1.165, 1.54) is 11.3 Å². The zero-order valence-corrected chi connectivity index (χ0v) is 7.44. The molecular formula is C8H11NOS. The number of rotatable bonds is 2. The van der Waals surface area contributed by atoms with Crippen LogP contribution in [-0.2, 0) is 0 Å². The van der Waals surface area contributed by atoms with Crippen molar-refractivity contribution in [2.75, 3.05) is 0 Å². The molecule has 2 N–H and O–H groups in total. The van der Waals surface area contributed by atoms with E-state index in [0.29, 0.717) is 0 Å². The van der Waals surface area contributed by atoms with Gasteiger partial charge in [-0.2, -0.15) is 11.3 Å². The molecule has 1 aromatic heterocycles. The molecule has 0 amide bonds. The first-order valence-corrected chi connectivity index (χ1v) is 4.40. The topological polar surface area (TPSA) is 43.1 Å². The second kappa shape index (κ2) is 3.15. The van der Waals surface area contributed by atoms with E-state index in [1.807, 2.05) is 17.7 Å². The van der Waals surface area contributed by atoms with Crippen LogP contribution in [0.25, 0.3) is 0 Å². The third-order valence-corrected chi connectivity index (χ3v) is 2.40. The fraction of sp³-hybridized carbons (Fsp3) is 0.375. The minimum absolute atomic E-state index is 0.0313. The molecule has 0 saturated heterocycles.